The van der Waals surface area contributed by atoms with Crippen LogP contribution in [0.5, 0.6) is 5.75 Å². The number of rotatable bonds is 5. The molecule has 1 heterocycles. The number of hydrogen-bond acceptors (Lipinski definition) is 3. The molecule has 0 fully saturated rings. The Bertz CT molecular complexity index is 1210. The number of carbonyl (C=O) groups excluding carboxylic acids is 1. The standard InChI is InChI=1S/C24H18F3N3O2/c25-24(26,27)22-21(16-29-30(22)20-12-5-2-6-13-20)32-23(31)28-15-17-8-7-11-19(14-17)18-9-3-1-4-10-18/h1-14,16H,15H2,(H,28,31). The van der Waals surface area contributed by atoms with Crippen molar-refractivity contribution in [1.29, 1.82) is 0 Å². The van der Waals surface area contributed by atoms with Gasteiger partial charge in [-0.25, -0.2) is 9.48 Å². The molecule has 0 aliphatic carbocycles. The van der Waals surface area contributed by atoms with Crippen LogP contribution in [0.2, 0.25) is 0 Å². The summed E-state index contributed by atoms with van der Waals surface area (Å²) in [7, 11) is 0. The average molecular weight is 437 g/mol. The highest BCUT2D eigenvalue weighted by Crippen LogP contribution is 2.37. The summed E-state index contributed by atoms with van der Waals surface area (Å²) < 4.78 is 46.6. The summed E-state index contributed by atoms with van der Waals surface area (Å²) in [5.41, 5.74) is 1.79. The monoisotopic (exact) mass is 437 g/mol. The fourth-order valence-electron chi connectivity index (χ4n) is 3.23. The van der Waals surface area contributed by atoms with Crippen LogP contribution in [0.1, 0.15) is 11.3 Å². The van der Waals surface area contributed by atoms with Crippen LogP contribution in [0.4, 0.5) is 18.0 Å². The van der Waals surface area contributed by atoms with Gasteiger partial charge in [-0.1, -0.05) is 66.7 Å². The third kappa shape index (κ3) is 4.80. The van der Waals surface area contributed by atoms with Crippen LogP contribution in [-0.2, 0) is 12.7 Å². The van der Waals surface area contributed by atoms with Gasteiger partial charge in [-0.3, -0.25) is 0 Å². The van der Waals surface area contributed by atoms with E-state index in [0.717, 1.165) is 22.9 Å². The Morgan fingerprint density at radius 1 is 0.906 bits per heavy atom. The molecule has 1 amide bonds. The minimum Gasteiger partial charge on any atom is -0.406 e. The maximum Gasteiger partial charge on any atom is 0.437 e. The molecule has 1 aromatic heterocycles. The number of amides is 1. The van der Waals surface area contributed by atoms with E-state index in [2.05, 4.69) is 10.4 Å². The highest BCUT2D eigenvalue weighted by atomic mass is 19.4. The van der Waals surface area contributed by atoms with E-state index in [0.29, 0.717) is 4.68 Å². The highest BCUT2D eigenvalue weighted by molar-refractivity contribution is 5.71. The summed E-state index contributed by atoms with van der Waals surface area (Å²) in [5.74, 6) is -0.670. The second-order valence-electron chi connectivity index (χ2n) is 6.91. The molecule has 5 nitrogen and oxygen atoms in total. The fraction of sp³-hybridized carbons (Fsp3) is 0.0833. The maximum atomic E-state index is 13.7. The molecule has 0 atom stereocenters. The molecule has 0 unspecified atom stereocenters. The van der Waals surface area contributed by atoms with E-state index in [1.807, 2.05) is 48.5 Å². The molecular weight excluding hydrogens is 419 g/mol. The number of halogens is 3. The Morgan fingerprint density at radius 3 is 2.25 bits per heavy atom. The zero-order valence-corrected chi connectivity index (χ0v) is 16.7. The number of ether oxygens (including phenoxy) is 1. The van der Waals surface area contributed by atoms with E-state index in [4.69, 9.17) is 4.74 Å². The third-order valence-electron chi connectivity index (χ3n) is 4.68. The van der Waals surface area contributed by atoms with Gasteiger partial charge in [0.1, 0.15) is 0 Å². The molecule has 1 N–H and O–H groups in total. The molecule has 0 saturated heterocycles. The molecule has 0 bridgehead atoms. The molecule has 0 radical (unpaired) electrons. The number of hydrogen-bond donors (Lipinski definition) is 1. The summed E-state index contributed by atoms with van der Waals surface area (Å²) in [6.45, 7) is 0.0910. The van der Waals surface area contributed by atoms with Crippen LogP contribution < -0.4 is 10.1 Å². The Kier molecular flexibility index (Phi) is 5.93. The predicted octanol–water partition coefficient (Wildman–Crippen LogP) is 5.85. The van der Waals surface area contributed by atoms with Gasteiger partial charge in [-0.15, -0.1) is 0 Å². The quantitative estimate of drug-likeness (QED) is 0.426. The topological polar surface area (TPSA) is 56.1 Å². The van der Waals surface area contributed by atoms with Gasteiger partial charge < -0.3 is 10.1 Å². The minimum atomic E-state index is -4.77. The lowest BCUT2D eigenvalue weighted by Crippen LogP contribution is -2.27. The van der Waals surface area contributed by atoms with Crippen LogP contribution in [0.15, 0.2) is 91.1 Å². The molecule has 8 heteroatoms. The van der Waals surface area contributed by atoms with Crippen molar-refractivity contribution in [3.05, 3.63) is 102 Å². The molecule has 4 aromatic rings. The van der Waals surface area contributed by atoms with E-state index in [1.165, 1.54) is 12.1 Å². The molecule has 0 aliphatic rings. The first-order valence-corrected chi connectivity index (χ1v) is 9.72. The molecule has 0 spiro atoms. The lowest BCUT2D eigenvalue weighted by atomic mass is 10.0. The van der Waals surface area contributed by atoms with Crippen molar-refractivity contribution >= 4 is 6.09 Å². The third-order valence-corrected chi connectivity index (χ3v) is 4.68. The number of nitrogens with one attached hydrogen (secondary N) is 1. The lowest BCUT2D eigenvalue weighted by molar-refractivity contribution is -0.143. The minimum absolute atomic E-state index is 0.0910. The number of aromatic nitrogens is 2. The van der Waals surface area contributed by atoms with Crippen molar-refractivity contribution in [2.45, 2.75) is 12.7 Å². The Hall–Kier alpha value is -4.07. The smallest absolute Gasteiger partial charge is 0.406 e. The lowest BCUT2D eigenvalue weighted by Gasteiger charge is -2.13. The summed E-state index contributed by atoms with van der Waals surface area (Å²) in [6, 6.07) is 25.0. The Morgan fingerprint density at radius 2 is 1.56 bits per heavy atom. The van der Waals surface area contributed by atoms with Crippen LogP contribution in [-0.4, -0.2) is 15.9 Å². The second-order valence-corrected chi connectivity index (χ2v) is 6.91. The number of carbonyl (C=O) groups is 1. The van der Waals surface area contributed by atoms with Crippen molar-refractivity contribution < 1.29 is 22.7 Å². The molecule has 4 rings (SSSR count). The summed E-state index contributed by atoms with van der Waals surface area (Å²) >= 11 is 0. The molecule has 0 saturated carbocycles. The van der Waals surface area contributed by atoms with Gasteiger partial charge in [0.25, 0.3) is 0 Å². The van der Waals surface area contributed by atoms with E-state index < -0.39 is 23.7 Å². The van der Waals surface area contributed by atoms with Gasteiger partial charge in [0.2, 0.25) is 0 Å². The van der Waals surface area contributed by atoms with Crippen LogP contribution in [0.25, 0.3) is 16.8 Å². The average Bonchev–Trinajstić information content (AvgIpc) is 3.23. The molecule has 0 aliphatic heterocycles. The van der Waals surface area contributed by atoms with E-state index >= 15 is 0 Å². The number of alkyl halides is 3. The highest BCUT2D eigenvalue weighted by Gasteiger charge is 2.40. The fourth-order valence-corrected chi connectivity index (χ4v) is 3.23. The number of benzene rings is 3. The van der Waals surface area contributed by atoms with Gasteiger partial charge in [-0.2, -0.15) is 18.3 Å². The summed E-state index contributed by atoms with van der Waals surface area (Å²) in [4.78, 5) is 12.2. The molecular formula is C24H18F3N3O2. The van der Waals surface area contributed by atoms with Crippen LogP contribution in [0, 0.1) is 0 Å². The largest absolute Gasteiger partial charge is 0.437 e. The first-order chi connectivity index (χ1) is 15.4. The maximum absolute atomic E-state index is 13.7. The van der Waals surface area contributed by atoms with Gasteiger partial charge in [0.15, 0.2) is 11.4 Å². The van der Waals surface area contributed by atoms with E-state index in [-0.39, 0.29) is 12.2 Å². The summed E-state index contributed by atoms with van der Waals surface area (Å²) in [5, 5.41) is 6.25. The van der Waals surface area contributed by atoms with Crippen molar-refractivity contribution in [2.75, 3.05) is 0 Å². The Labute approximate surface area is 182 Å². The van der Waals surface area contributed by atoms with Gasteiger partial charge >= 0.3 is 12.3 Å². The van der Waals surface area contributed by atoms with Crippen molar-refractivity contribution in [3.8, 4) is 22.6 Å². The van der Waals surface area contributed by atoms with Crippen molar-refractivity contribution in [3.63, 3.8) is 0 Å². The van der Waals surface area contributed by atoms with Crippen molar-refractivity contribution in [1.82, 2.24) is 15.1 Å². The first-order valence-electron chi connectivity index (χ1n) is 9.72. The molecule has 3 aromatic carbocycles. The molecule has 162 valence electrons. The van der Waals surface area contributed by atoms with Crippen molar-refractivity contribution in [2.24, 2.45) is 0 Å². The van der Waals surface area contributed by atoms with E-state index in [9.17, 15) is 18.0 Å². The van der Waals surface area contributed by atoms with E-state index in [1.54, 1.807) is 24.3 Å². The summed E-state index contributed by atoms with van der Waals surface area (Å²) in [6.07, 6.45) is -4.90. The number of nitrogens with zero attached hydrogens (tertiary/aromatic N) is 2. The van der Waals surface area contributed by atoms with Gasteiger partial charge in [0, 0.05) is 6.54 Å². The second kappa shape index (κ2) is 8.97. The van der Waals surface area contributed by atoms with Gasteiger partial charge in [0.05, 0.1) is 11.9 Å². The van der Waals surface area contributed by atoms with Crippen LogP contribution in [0.3, 0.4) is 0 Å². The van der Waals surface area contributed by atoms with Gasteiger partial charge in [-0.05, 0) is 34.9 Å². The normalized spacial score (nSPS) is 11.2. The zero-order valence-electron chi connectivity index (χ0n) is 16.7. The predicted molar refractivity (Wildman–Crippen MR) is 113 cm³/mol. The first kappa shape index (κ1) is 21.2. The zero-order chi connectivity index (χ0) is 22.6. The van der Waals surface area contributed by atoms with Crippen LogP contribution >= 0.6 is 0 Å². The Balaban J connectivity index is 1.48. The molecule has 32 heavy (non-hydrogen) atoms. The SMILES string of the molecule is O=C(NCc1cccc(-c2ccccc2)c1)Oc1cnn(-c2ccccc2)c1C(F)(F)F. The number of para-hydroxylation sites is 1.